The number of esters is 1. The van der Waals surface area contributed by atoms with E-state index in [0.29, 0.717) is 40.6 Å². The molecule has 4 aliphatic carbocycles. The van der Waals surface area contributed by atoms with Gasteiger partial charge in [0, 0.05) is 26.3 Å². The number of carbonyl (C=O) groups is 2. The number of rotatable bonds is 1. The third kappa shape index (κ3) is 3.42. The second kappa shape index (κ2) is 8.45. The molecule has 5 heteroatoms. The number of nitrogens with zero attached hydrogens (tertiary/aromatic N) is 1. The Labute approximate surface area is 218 Å². The molecule has 2 heterocycles. The smallest absolute Gasteiger partial charge is 0.302 e. The van der Waals surface area contributed by atoms with Gasteiger partial charge >= 0.3 is 5.97 Å². The molecule has 12 atom stereocenters. The van der Waals surface area contributed by atoms with Gasteiger partial charge in [0.25, 0.3) is 0 Å². The molecule has 1 spiro atoms. The first-order chi connectivity index (χ1) is 17.0. The second-order valence-corrected chi connectivity index (χ2v) is 14.5. The summed E-state index contributed by atoms with van der Waals surface area (Å²) in [5, 5.41) is 0. The van der Waals surface area contributed by atoms with E-state index in [1.165, 1.54) is 38.5 Å². The number of hydrogen-bond donors (Lipinski definition) is 0. The largest absolute Gasteiger partial charge is 0.463 e. The van der Waals surface area contributed by atoms with E-state index >= 15 is 0 Å². The van der Waals surface area contributed by atoms with Crippen LogP contribution < -0.4 is 0 Å². The Morgan fingerprint density at radius 2 is 1.64 bits per heavy atom. The molecule has 2 saturated heterocycles. The van der Waals surface area contributed by atoms with Crippen molar-refractivity contribution in [2.24, 2.45) is 52.3 Å². The van der Waals surface area contributed by atoms with Crippen LogP contribution in [0.1, 0.15) is 106 Å². The van der Waals surface area contributed by atoms with Crippen molar-refractivity contribution in [3.8, 4) is 0 Å². The van der Waals surface area contributed by atoms with Gasteiger partial charge in [0.15, 0.2) is 0 Å². The molecule has 6 aliphatic rings. The molecular formula is C31H49NO4. The van der Waals surface area contributed by atoms with Gasteiger partial charge in [-0.05, 0) is 111 Å². The third-order valence-electron chi connectivity index (χ3n) is 13.0. The van der Waals surface area contributed by atoms with E-state index < -0.39 is 0 Å². The Kier molecular flexibility index (Phi) is 5.91. The van der Waals surface area contributed by atoms with Crippen molar-refractivity contribution in [3.05, 3.63) is 0 Å². The van der Waals surface area contributed by atoms with Crippen LogP contribution in [0.4, 0.5) is 0 Å². The number of amides is 1. The number of hydrogen-bond acceptors (Lipinski definition) is 4. The summed E-state index contributed by atoms with van der Waals surface area (Å²) in [6.07, 6.45) is 12.3. The van der Waals surface area contributed by atoms with Crippen LogP contribution in [0.3, 0.4) is 0 Å². The Balaban J connectivity index is 1.23. The average Bonchev–Trinajstić information content (AvgIpc) is 3.26. The monoisotopic (exact) mass is 499 g/mol. The number of fused-ring (bicyclic) bond motifs is 7. The Hall–Kier alpha value is -1.10. The van der Waals surface area contributed by atoms with Crippen molar-refractivity contribution < 1.29 is 19.1 Å². The summed E-state index contributed by atoms with van der Waals surface area (Å²) in [5.41, 5.74) is 0.326. The molecule has 6 rings (SSSR count). The van der Waals surface area contributed by atoms with E-state index in [0.717, 1.165) is 50.0 Å². The van der Waals surface area contributed by atoms with Crippen LogP contribution in [0.15, 0.2) is 0 Å². The molecule has 0 radical (unpaired) electrons. The molecule has 0 aromatic rings. The molecule has 0 bridgehead atoms. The van der Waals surface area contributed by atoms with Crippen LogP contribution >= 0.6 is 0 Å². The Morgan fingerprint density at radius 1 is 0.889 bits per heavy atom. The zero-order valence-corrected chi connectivity index (χ0v) is 23.6. The van der Waals surface area contributed by atoms with Crippen molar-refractivity contribution in [1.82, 2.24) is 4.90 Å². The number of likely N-dealkylation sites (tertiary alicyclic amines) is 1. The van der Waals surface area contributed by atoms with E-state index in [-0.39, 0.29) is 23.7 Å². The SMILES string of the molecule is CC(=O)O[C@H]1CC[C@@]2(C)[C@@H](CC[C@@H]3[C@@H]2CC[C@]2(C)[C@@H]4[C@H](C[C@@H]32)O[C@@]2(CC[C@H](C)CN2C(C)=O)[C@H]4C)C1. The molecule has 0 aromatic carbocycles. The zero-order valence-electron chi connectivity index (χ0n) is 23.6. The molecule has 36 heavy (non-hydrogen) atoms. The first-order valence-corrected chi connectivity index (χ1v) is 15.1. The quantitative estimate of drug-likeness (QED) is 0.403. The van der Waals surface area contributed by atoms with Gasteiger partial charge in [0.2, 0.25) is 5.91 Å². The molecule has 1 amide bonds. The molecule has 202 valence electrons. The van der Waals surface area contributed by atoms with Crippen molar-refractivity contribution in [2.75, 3.05) is 6.54 Å². The van der Waals surface area contributed by atoms with Gasteiger partial charge in [-0.15, -0.1) is 0 Å². The van der Waals surface area contributed by atoms with Gasteiger partial charge < -0.3 is 14.4 Å². The van der Waals surface area contributed by atoms with Crippen molar-refractivity contribution >= 4 is 11.9 Å². The van der Waals surface area contributed by atoms with Crippen LogP contribution in [-0.4, -0.2) is 41.3 Å². The highest BCUT2D eigenvalue weighted by molar-refractivity contribution is 5.74. The molecule has 2 aliphatic heterocycles. The minimum Gasteiger partial charge on any atom is -0.463 e. The van der Waals surface area contributed by atoms with Crippen LogP contribution in [0.5, 0.6) is 0 Å². The molecule has 5 nitrogen and oxygen atoms in total. The number of carbonyl (C=O) groups excluding carboxylic acids is 2. The van der Waals surface area contributed by atoms with Gasteiger partial charge in [0.1, 0.15) is 11.8 Å². The van der Waals surface area contributed by atoms with Crippen LogP contribution in [0.25, 0.3) is 0 Å². The molecule has 0 unspecified atom stereocenters. The van der Waals surface area contributed by atoms with E-state index in [2.05, 4.69) is 32.6 Å². The topological polar surface area (TPSA) is 55.8 Å². The molecular weight excluding hydrogens is 450 g/mol. The highest BCUT2D eigenvalue weighted by atomic mass is 16.5. The second-order valence-electron chi connectivity index (χ2n) is 14.5. The summed E-state index contributed by atoms with van der Waals surface area (Å²) < 4.78 is 12.8. The maximum absolute atomic E-state index is 12.8. The lowest BCUT2D eigenvalue weighted by Gasteiger charge is -2.61. The maximum Gasteiger partial charge on any atom is 0.302 e. The van der Waals surface area contributed by atoms with Gasteiger partial charge in [-0.3, -0.25) is 9.59 Å². The standard InChI is InChI=1S/C31H49NO4/c1-18-9-14-31(32(17-18)20(3)33)19(2)28-27(36-31)16-26-24-8-7-22-15-23(35-21(4)34)10-12-29(22,5)25(24)11-13-30(26,28)6/h18-19,22-28H,7-17H2,1-6H3/t18-,19-,22-,23-,24+,25-,26-,27-,28-,29-,30-,31-/m0/s1. The van der Waals surface area contributed by atoms with Crippen LogP contribution in [0.2, 0.25) is 0 Å². The highest BCUT2D eigenvalue weighted by Gasteiger charge is 2.70. The summed E-state index contributed by atoms with van der Waals surface area (Å²) in [4.78, 5) is 26.5. The third-order valence-corrected chi connectivity index (χ3v) is 13.0. The van der Waals surface area contributed by atoms with Gasteiger partial charge in [-0.1, -0.05) is 27.7 Å². The normalized spacial score (nSPS) is 53.8. The Morgan fingerprint density at radius 3 is 2.36 bits per heavy atom. The van der Waals surface area contributed by atoms with Crippen LogP contribution in [-0.2, 0) is 19.1 Å². The average molecular weight is 500 g/mol. The van der Waals surface area contributed by atoms with Crippen molar-refractivity contribution in [1.29, 1.82) is 0 Å². The summed E-state index contributed by atoms with van der Waals surface area (Å²) >= 11 is 0. The predicted octanol–water partition coefficient (Wildman–Crippen LogP) is 6.20. The van der Waals surface area contributed by atoms with Crippen molar-refractivity contribution in [3.63, 3.8) is 0 Å². The zero-order chi connectivity index (χ0) is 25.6. The van der Waals surface area contributed by atoms with Gasteiger partial charge in [0.05, 0.1) is 6.10 Å². The van der Waals surface area contributed by atoms with E-state index in [9.17, 15) is 9.59 Å². The summed E-state index contributed by atoms with van der Waals surface area (Å²) in [7, 11) is 0. The highest BCUT2D eigenvalue weighted by Crippen LogP contribution is 2.71. The first-order valence-electron chi connectivity index (χ1n) is 15.1. The summed E-state index contributed by atoms with van der Waals surface area (Å²) in [6.45, 7) is 14.0. The maximum atomic E-state index is 12.8. The van der Waals surface area contributed by atoms with Gasteiger partial charge in [-0.2, -0.15) is 0 Å². The number of piperidine rings is 1. The van der Waals surface area contributed by atoms with E-state index in [1.807, 2.05) is 0 Å². The van der Waals surface area contributed by atoms with Crippen molar-refractivity contribution in [2.45, 2.75) is 124 Å². The lowest BCUT2D eigenvalue weighted by atomic mass is 9.44. The molecule has 6 fully saturated rings. The van der Waals surface area contributed by atoms with Gasteiger partial charge in [-0.25, -0.2) is 0 Å². The summed E-state index contributed by atoms with van der Waals surface area (Å²) in [5.74, 6) is 4.60. The number of ether oxygens (including phenoxy) is 2. The van der Waals surface area contributed by atoms with Crippen LogP contribution in [0, 0.1) is 52.3 Å². The Bertz CT molecular complexity index is 920. The minimum atomic E-state index is -0.378. The minimum absolute atomic E-state index is 0.120. The fourth-order valence-corrected chi connectivity index (χ4v) is 11.4. The predicted molar refractivity (Wildman–Crippen MR) is 139 cm³/mol. The van der Waals surface area contributed by atoms with E-state index in [4.69, 9.17) is 9.47 Å². The van der Waals surface area contributed by atoms with E-state index in [1.54, 1.807) is 13.8 Å². The fraction of sp³-hybridized carbons (Fsp3) is 0.935. The molecule has 0 N–H and O–H groups in total. The first kappa shape index (κ1) is 25.2. The lowest BCUT2D eigenvalue weighted by molar-refractivity contribution is -0.201. The fourth-order valence-electron chi connectivity index (χ4n) is 11.4. The molecule has 4 saturated carbocycles. The molecule has 0 aromatic heterocycles. The lowest BCUT2D eigenvalue weighted by Crippen LogP contribution is -2.60. The summed E-state index contributed by atoms with van der Waals surface area (Å²) in [6, 6.07) is 0.